The Kier molecular flexibility index (Phi) is 5.87. The maximum absolute atomic E-state index is 11.1. The van der Waals surface area contributed by atoms with Crippen molar-refractivity contribution in [3.8, 4) is 0 Å². The van der Waals surface area contributed by atoms with Gasteiger partial charge in [0, 0.05) is 11.8 Å². The number of rotatable bonds is 5. The molecule has 0 bridgehead atoms. The minimum atomic E-state index is -0.418. The van der Waals surface area contributed by atoms with E-state index in [1.54, 1.807) is 12.1 Å². The maximum atomic E-state index is 11.1. The zero-order chi connectivity index (χ0) is 17.7. The lowest BCUT2D eigenvalue weighted by molar-refractivity contribution is -0.383. The number of benzene rings is 2. The minimum absolute atomic E-state index is 0.00580. The van der Waals surface area contributed by atoms with Crippen molar-refractivity contribution in [2.24, 2.45) is 0 Å². The van der Waals surface area contributed by atoms with Crippen LogP contribution < -0.4 is 10.6 Å². The Morgan fingerprint density at radius 2 is 1.88 bits per heavy atom. The van der Waals surface area contributed by atoms with Gasteiger partial charge < -0.3 is 10.6 Å². The van der Waals surface area contributed by atoms with Crippen molar-refractivity contribution in [3.63, 3.8) is 0 Å². The fraction of sp³-hybridized carbons (Fsp3) is 0.278. The first-order valence-corrected chi connectivity index (χ1v) is 8.24. The molecule has 1 unspecified atom stereocenters. The smallest absolute Gasteiger partial charge is 0.292 e. The quantitative estimate of drug-likeness (QED) is 0.442. The highest BCUT2D eigenvalue weighted by Gasteiger charge is 2.14. The summed E-state index contributed by atoms with van der Waals surface area (Å²) in [6, 6.07) is 13.0. The van der Waals surface area contributed by atoms with Gasteiger partial charge in [-0.1, -0.05) is 32.0 Å². The number of aryl methyl sites for hydroxylation is 1. The molecule has 1 atom stereocenters. The Balaban J connectivity index is 2.07. The van der Waals surface area contributed by atoms with E-state index in [1.807, 2.05) is 19.1 Å². The third kappa shape index (κ3) is 4.52. The number of anilines is 2. The van der Waals surface area contributed by atoms with Gasteiger partial charge in [0.2, 0.25) is 0 Å². The molecule has 5 nitrogen and oxygen atoms in total. The van der Waals surface area contributed by atoms with Crippen molar-refractivity contribution in [2.75, 3.05) is 10.6 Å². The van der Waals surface area contributed by atoms with Crippen LogP contribution in [-0.2, 0) is 0 Å². The van der Waals surface area contributed by atoms with Gasteiger partial charge in [0.05, 0.1) is 4.92 Å². The predicted molar refractivity (Wildman–Crippen MR) is 103 cm³/mol. The number of hydrogen-bond donors (Lipinski definition) is 2. The Bertz CT molecular complexity index is 744. The summed E-state index contributed by atoms with van der Waals surface area (Å²) in [5, 5.41) is 17.4. The summed E-state index contributed by atoms with van der Waals surface area (Å²) in [5.74, 6) is 0.513. The van der Waals surface area contributed by atoms with Gasteiger partial charge in [0.25, 0.3) is 5.69 Å². The van der Waals surface area contributed by atoms with Crippen molar-refractivity contribution >= 4 is 34.4 Å². The van der Waals surface area contributed by atoms with Crippen LogP contribution in [0.5, 0.6) is 0 Å². The fourth-order valence-electron chi connectivity index (χ4n) is 2.31. The van der Waals surface area contributed by atoms with Crippen LogP contribution in [0.15, 0.2) is 42.5 Å². The predicted octanol–water partition coefficient (Wildman–Crippen LogP) is 5.23. The first-order chi connectivity index (χ1) is 11.4. The summed E-state index contributed by atoms with van der Waals surface area (Å²) in [4.78, 5) is 10.7. The molecule has 0 saturated carbocycles. The maximum Gasteiger partial charge on any atom is 0.292 e. The largest absolute Gasteiger partial charge is 0.332 e. The van der Waals surface area contributed by atoms with E-state index in [-0.39, 0.29) is 5.69 Å². The average Bonchev–Trinajstić information content (AvgIpc) is 2.56. The number of hydrogen-bond acceptors (Lipinski definition) is 3. The Hall–Kier alpha value is -2.47. The number of nitrogens with zero attached hydrogens (tertiary/aromatic N) is 1. The highest BCUT2D eigenvalue weighted by atomic mass is 32.1. The first-order valence-electron chi connectivity index (χ1n) is 7.83. The van der Waals surface area contributed by atoms with Crippen LogP contribution in [0.3, 0.4) is 0 Å². The molecule has 0 radical (unpaired) electrons. The molecule has 0 aliphatic heterocycles. The summed E-state index contributed by atoms with van der Waals surface area (Å²) < 4.78 is 0. The molecule has 0 saturated heterocycles. The summed E-state index contributed by atoms with van der Waals surface area (Å²) >= 11 is 5.26. The van der Waals surface area contributed by atoms with Crippen LogP contribution in [-0.4, -0.2) is 10.0 Å². The Morgan fingerprint density at radius 1 is 1.21 bits per heavy atom. The van der Waals surface area contributed by atoms with Crippen LogP contribution in [0.2, 0.25) is 0 Å². The molecule has 2 rings (SSSR count). The summed E-state index contributed by atoms with van der Waals surface area (Å²) in [6.07, 6.45) is 1.09. The first kappa shape index (κ1) is 17.9. The van der Waals surface area contributed by atoms with E-state index >= 15 is 0 Å². The molecule has 6 heteroatoms. The van der Waals surface area contributed by atoms with E-state index in [9.17, 15) is 10.1 Å². The van der Waals surface area contributed by atoms with Gasteiger partial charge in [-0.25, -0.2) is 0 Å². The second-order valence-electron chi connectivity index (χ2n) is 5.79. The second-order valence-corrected chi connectivity index (χ2v) is 6.20. The molecule has 0 fully saturated rings. The van der Waals surface area contributed by atoms with E-state index in [2.05, 4.69) is 36.6 Å². The Labute approximate surface area is 147 Å². The lowest BCUT2D eigenvalue weighted by atomic mass is 9.99. The molecule has 24 heavy (non-hydrogen) atoms. The summed E-state index contributed by atoms with van der Waals surface area (Å²) in [6.45, 7) is 6.15. The van der Waals surface area contributed by atoms with Crippen LogP contribution in [0.4, 0.5) is 17.1 Å². The lowest BCUT2D eigenvalue weighted by Gasteiger charge is -2.13. The molecule has 2 N–H and O–H groups in total. The van der Waals surface area contributed by atoms with E-state index in [0.29, 0.717) is 16.7 Å². The van der Waals surface area contributed by atoms with E-state index in [4.69, 9.17) is 12.2 Å². The van der Waals surface area contributed by atoms with Crippen LogP contribution >= 0.6 is 12.2 Å². The Morgan fingerprint density at radius 3 is 2.46 bits per heavy atom. The number of thiocarbonyl (C=S) groups is 1. The van der Waals surface area contributed by atoms with Crippen molar-refractivity contribution in [1.82, 2.24) is 0 Å². The van der Waals surface area contributed by atoms with Gasteiger partial charge in [-0.05, 0) is 60.8 Å². The molecule has 0 aliphatic rings. The normalized spacial score (nSPS) is 11.6. The second kappa shape index (κ2) is 7.88. The number of nitrogens with one attached hydrogen (secondary N) is 2. The fourth-order valence-corrected chi connectivity index (χ4v) is 2.54. The van der Waals surface area contributed by atoms with E-state index in [1.165, 1.54) is 11.6 Å². The lowest BCUT2D eigenvalue weighted by Crippen LogP contribution is -2.19. The van der Waals surface area contributed by atoms with Gasteiger partial charge in [0.1, 0.15) is 5.69 Å². The molecule has 0 aliphatic carbocycles. The van der Waals surface area contributed by atoms with Crippen molar-refractivity contribution < 1.29 is 4.92 Å². The van der Waals surface area contributed by atoms with Crippen molar-refractivity contribution in [2.45, 2.75) is 33.1 Å². The van der Waals surface area contributed by atoms with Crippen LogP contribution in [0, 0.1) is 17.0 Å². The highest BCUT2D eigenvalue weighted by molar-refractivity contribution is 7.80. The molecule has 0 spiro atoms. The highest BCUT2D eigenvalue weighted by Crippen LogP contribution is 2.26. The third-order valence-corrected chi connectivity index (χ3v) is 4.15. The van der Waals surface area contributed by atoms with Crippen molar-refractivity contribution in [3.05, 3.63) is 63.7 Å². The van der Waals surface area contributed by atoms with E-state index in [0.717, 1.165) is 17.7 Å². The number of nitro benzene ring substituents is 1. The average molecular weight is 343 g/mol. The molecular weight excluding hydrogens is 322 g/mol. The third-order valence-electron chi connectivity index (χ3n) is 3.95. The molecule has 2 aromatic carbocycles. The summed E-state index contributed by atoms with van der Waals surface area (Å²) in [7, 11) is 0. The molecule has 0 heterocycles. The molecule has 126 valence electrons. The van der Waals surface area contributed by atoms with Crippen molar-refractivity contribution in [1.29, 1.82) is 0 Å². The van der Waals surface area contributed by atoms with Gasteiger partial charge >= 0.3 is 0 Å². The molecule has 2 aromatic rings. The van der Waals surface area contributed by atoms with E-state index < -0.39 is 4.92 Å². The van der Waals surface area contributed by atoms with Crippen LogP contribution in [0.25, 0.3) is 0 Å². The number of nitro groups is 1. The van der Waals surface area contributed by atoms with Gasteiger partial charge in [-0.3, -0.25) is 10.1 Å². The standard InChI is InChI=1S/C18H21N3O2S/c1-4-13(3)14-6-8-15(9-7-14)19-18(24)20-16-10-5-12(2)11-17(16)21(22)23/h5-11,13H,4H2,1-3H3,(H2,19,20,24). The SMILES string of the molecule is CCC(C)c1ccc(NC(=S)Nc2ccc(C)cc2[N+](=O)[O-])cc1. The minimum Gasteiger partial charge on any atom is -0.332 e. The molecule has 0 amide bonds. The zero-order valence-corrected chi connectivity index (χ0v) is 14.8. The molecule has 0 aromatic heterocycles. The van der Waals surface area contributed by atoms with Gasteiger partial charge in [-0.15, -0.1) is 0 Å². The summed E-state index contributed by atoms with van der Waals surface area (Å²) in [5.41, 5.74) is 3.32. The van der Waals surface area contributed by atoms with Crippen LogP contribution in [0.1, 0.15) is 37.3 Å². The topological polar surface area (TPSA) is 67.2 Å². The monoisotopic (exact) mass is 343 g/mol. The van der Waals surface area contributed by atoms with Gasteiger partial charge in [0.15, 0.2) is 5.11 Å². The van der Waals surface area contributed by atoms with Gasteiger partial charge in [-0.2, -0.15) is 0 Å². The molecular formula is C18H21N3O2S. The zero-order valence-electron chi connectivity index (χ0n) is 14.0.